The molecule has 1 heterocycles. The van der Waals surface area contributed by atoms with Gasteiger partial charge in [-0.25, -0.2) is 0 Å². The molecule has 2 aromatic rings. The summed E-state index contributed by atoms with van der Waals surface area (Å²) in [6.07, 6.45) is 1.05. The molecule has 2 aromatic carbocycles. The van der Waals surface area contributed by atoms with Gasteiger partial charge in [-0.15, -0.1) is 0 Å². The quantitative estimate of drug-likeness (QED) is 0.922. The third-order valence-corrected chi connectivity index (χ3v) is 4.32. The van der Waals surface area contributed by atoms with Crippen LogP contribution in [-0.2, 0) is 6.42 Å². The molecule has 0 amide bonds. The molecule has 0 spiro atoms. The molecule has 0 saturated heterocycles. The van der Waals surface area contributed by atoms with Crippen molar-refractivity contribution in [2.45, 2.75) is 12.5 Å². The smallest absolute Gasteiger partial charge is 0.124 e. The van der Waals surface area contributed by atoms with E-state index in [1.165, 1.54) is 11.3 Å². The van der Waals surface area contributed by atoms with Crippen molar-refractivity contribution in [2.24, 2.45) is 5.73 Å². The van der Waals surface area contributed by atoms with Gasteiger partial charge in [0.2, 0.25) is 0 Å². The predicted octanol–water partition coefficient (Wildman–Crippen LogP) is 2.77. The highest BCUT2D eigenvalue weighted by Crippen LogP contribution is 2.38. The highest BCUT2D eigenvalue weighted by atomic mass is 16.5. The molecule has 22 heavy (non-hydrogen) atoms. The number of ether oxygens (including phenoxy) is 2. The van der Waals surface area contributed by atoms with Crippen LogP contribution in [0.4, 0.5) is 5.69 Å². The Morgan fingerprint density at radius 2 is 1.95 bits per heavy atom. The number of rotatable bonds is 5. The highest BCUT2D eigenvalue weighted by molar-refractivity contribution is 5.60. The second kappa shape index (κ2) is 6.28. The van der Waals surface area contributed by atoms with Gasteiger partial charge in [0.05, 0.1) is 20.3 Å². The fourth-order valence-corrected chi connectivity index (χ4v) is 3.21. The SMILES string of the molecule is COc1ccc(OC)c(C(CN)N2CCc3ccccc32)c1. The van der Waals surface area contributed by atoms with E-state index in [4.69, 9.17) is 15.2 Å². The molecule has 0 saturated carbocycles. The van der Waals surface area contributed by atoms with E-state index in [2.05, 4.69) is 29.2 Å². The molecule has 0 fully saturated rings. The van der Waals surface area contributed by atoms with Crippen molar-refractivity contribution in [1.29, 1.82) is 0 Å². The lowest BCUT2D eigenvalue weighted by molar-refractivity contribution is 0.394. The summed E-state index contributed by atoms with van der Waals surface area (Å²) < 4.78 is 10.9. The number of para-hydroxylation sites is 1. The van der Waals surface area contributed by atoms with E-state index in [0.29, 0.717) is 6.54 Å². The third-order valence-electron chi connectivity index (χ3n) is 4.32. The van der Waals surface area contributed by atoms with Crippen LogP contribution in [-0.4, -0.2) is 27.3 Å². The van der Waals surface area contributed by atoms with Crippen LogP contribution in [0.3, 0.4) is 0 Å². The van der Waals surface area contributed by atoms with E-state index in [9.17, 15) is 0 Å². The van der Waals surface area contributed by atoms with Crippen LogP contribution in [0, 0.1) is 0 Å². The maximum absolute atomic E-state index is 6.12. The average molecular weight is 298 g/mol. The van der Waals surface area contributed by atoms with E-state index >= 15 is 0 Å². The minimum absolute atomic E-state index is 0.0775. The molecular weight excluding hydrogens is 276 g/mol. The van der Waals surface area contributed by atoms with Gasteiger partial charge in [-0.05, 0) is 36.2 Å². The molecule has 0 aromatic heterocycles. The summed E-state index contributed by atoms with van der Waals surface area (Å²) in [6, 6.07) is 14.5. The number of anilines is 1. The molecule has 2 N–H and O–H groups in total. The van der Waals surface area contributed by atoms with Crippen molar-refractivity contribution >= 4 is 5.69 Å². The molecule has 0 aliphatic carbocycles. The topological polar surface area (TPSA) is 47.7 Å². The molecule has 4 heteroatoms. The molecular formula is C18H22N2O2. The van der Waals surface area contributed by atoms with Crippen LogP contribution >= 0.6 is 0 Å². The lowest BCUT2D eigenvalue weighted by Gasteiger charge is -2.31. The van der Waals surface area contributed by atoms with Gasteiger partial charge < -0.3 is 20.1 Å². The van der Waals surface area contributed by atoms with Crippen molar-refractivity contribution in [3.05, 3.63) is 53.6 Å². The minimum atomic E-state index is 0.0775. The maximum Gasteiger partial charge on any atom is 0.124 e. The second-order valence-corrected chi connectivity index (χ2v) is 5.43. The van der Waals surface area contributed by atoms with Crippen LogP contribution in [0.5, 0.6) is 11.5 Å². The Bertz CT molecular complexity index is 657. The summed E-state index contributed by atoms with van der Waals surface area (Å²) in [5.41, 5.74) is 9.83. The molecule has 4 nitrogen and oxygen atoms in total. The first-order chi connectivity index (χ1) is 10.8. The number of hydrogen-bond donors (Lipinski definition) is 1. The minimum Gasteiger partial charge on any atom is -0.497 e. The summed E-state index contributed by atoms with van der Waals surface area (Å²) in [6.45, 7) is 1.50. The molecule has 3 rings (SSSR count). The average Bonchev–Trinajstić information content (AvgIpc) is 2.99. The van der Waals surface area contributed by atoms with E-state index in [0.717, 1.165) is 30.0 Å². The summed E-state index contributed by atoms with van der Waals surface area (Å²) in [4.78, 5) is 2.37. The first-order valence-electron chi connectivity index (χ1n) is 7.55. The van der Waals surface area contributed by atoms with Gasteiger partial charge in [0.1, 0.15) is 11.5 Å². The van der Waals surface area contributed by atoms with Gasteiger partial charge in [-0.1, -0.05) is 18.2 Å². The Kier molecular flexibility index (Phi) is 4.20. The highest BCUT2D eigenvalue weighted by Gasteiger charge is 2.28. The standard InChI is InChI=1S/C18H22N2O2/c1-21-14-7-8-18(22-2)15(11-14)17(12-19)20-10-9-13-5-3-4-6-16(13)20/h3-8,11,17H,9-10,12,19H2,1-2H3. The van der Waals surface area contributed by atoms with Gasteiger partial charge in [0, 0.05) is 24.3 Å². The zero-order valence-corrected chi connectivity index (χ0v) is 13.1. The fraction of sp³-hybridized carbons (Fsp3) is 0.333. The molecule has 1 unspecified atom stereocenters. The van der Waals surface area contributed by atoms with Crippen molar-refractivity contribution in [3.63, 3.8) is 0 Å². The number of nitrogens with zero attached hydrogens (tertiary/aromatic N) is 1. The van der Waals surface area contributed by atoms with Crippen LogP contribution in [0.1, 0.15) is 17.2 Å². The molecule has 0 radical (unpaired) electrons. The predicted molar refractivity (Wildman–Crippen MR) is 88.8 cm³/mol. The Hall–Kier alpha value is -2.20. The first kappa shape index (κ1) is 14.7. The second-order valence-electron chi connectivity index (χ2n) is 5.43. The molecule has 0 bridgehead atoms. The maximum atomic E-state index is 6.12. The zero-order chi connectivity index (χ0) is 15.5. The Labute approximate surface area is 131 Å². The van der Waals surface area contributed by atoms with Crippen molar-refractivity contribution in [1.82, 2.24) is 0 Å². The summed E-state index contributed by atoms with van der Waals surface area (Å²) in [5.74, 6) is 1.67. The first-order valence-corrected chi connectivity index (χ1v) is 7.55. The summed E-state index contributed by atoms with van der Waals surface area (Å²) in [5, 5.41) is 0. The van der Waals surface area contributed by atoms with Gasteiger partial charge in [0.15, 0.2) is 0 Å². The largest absolute Gasteiger partial charge is 0.497 e. The zero-order valence-electron chi connectivity index (χ0n) is 13.1. The van der Waals surface area contributed by atoms with Crippen LogP contribution in [0.15, 0.2) is 42.5 Å². The van der Waals surface area contributed by atoms with Gasteiger partial charge in [-0.2, -0.15) is 0 Å². The summed E-state index contributed by atoms with van der Waals surface area (Å²) in [7, 11) is 3.37. The third kappa shape index (κ3) is 2.50. The normalized spacial score (nSPS) is 14.6. The van der Waals surface area contributed by atoms with Crippen molar-refractivity contribution in [2.75, 3.05) is 32.2 Å². The lowest BCUT2D eigenvalue weighted by Crippen LogP contribution is -2.32. The monoisotopic (exact) mass is 298 g/mol. The van der Waals surface area contributed by atoms with Crippen LogP contribution < -0.4 is 20.1 Å². The van der Waals surface area contributed by atoms with E-state index in [-0.39, 0.29) is 6.04 Å². The Morgan fingerprint density at radius 3 is 2.68 bits per heavy atom. The van der Waals surface area contributed by atoms with E-state index in [1.807, 2.05) is 18.2 Å². The number of benzene rings is 2. The van der Waals surface area contributed by atoms with Gasteiger partial charge in [-0.3, -0.25) is 0 Å². The Balaban J connectivity index is 2.02. The molecule has 1 aliphatic rings. The van der Waals surface area contributed by atoms with Crippen molar-refractivity contribution in [3.8, 4) is 11.5 Å². The van der Waals surface area contributed by atoms with Crippen molar-refractivity contribution < 1.29 is 9.47 Å². The van der Waals surface area contributed by atoms with Gasteiger partial charge >= 0.3 is 0 Å². The molecule has 1 aliphatic heterocycles. The number of fused-ring (bicyclic) bond motifs is 1. The number of hydrogen-bond acceptors (Lipinski definition) is 4. The fourth-order valence-electron chi connectivity index (χ4n) is 3.21. The summed E-state index contributed by atoms with van der Waals surface area (Å²) >= 11 is 0. The molecule has 1 atom stereocenters. The number of methoxy groups -OCH3 is 2. The van der Waals surface area contributed by atoms with Crippen LogP contribution in [0.25, 0.3) is 0 Å². The Morgan fingerprint density at radius 1 is 1.14 bits per heavy atom. The van der Waals surface area contributed by atoms with E-state index < -0.39 is 0 Å². The van der Waals surface area contributed by atoms with E-state index in [1.54, 1.807) is 14.2 Å². The lowest BCUT2D eigenvalue weighted by atomic mass is 10.0. The molecule has 116 valence electrons. The van der Waals surface area contributed by atoms with Gasteiger partial charge in [0.25, 0.3) is 0 Å². The van der Waals surface area contributed by atoms with Crippen LogP contribution in [0.2, 0.25) is 0 Å². The number of nitrogens with two attached hydrogens (primary N) is 1.